The summed E-state index contributed by atoms with van der Waals surface area (Å²) in [6, 6.07) is 0. The minimum atomic E-state index is -1.34. The Kier molecular flexibility index (Phi) is 6.65. The number of unbranched alkanes of at least 4 members (excludes halogenated alkanes) is 2. The molecule has 96 valence electrons. The van der Waals surface area contributed by atoms with Crippen LogP contribution in [0, 0.1) is 11.8 Å². The van der Waals surface area contributed by atoms with Gasteiger partial charge in [-0.05, 0) is 18.3 Å². The van der Waals surface area contributed by atoms with E-state index in [1.807, 2.05) is 20.8 Å². The van der Waals surface area contributed by atoms with Crippen LogP contribution in [0.1, 0.15) is 53.4 Å². The van der Waals surface area contributed by atoms with Crippen molar-refractivity contribution < 1.29 is 14.6 Å². The van der Waals surface area contributed by atoms with Gasteiger partial charge in [-0.15, -0.1) is 0 Å². The summed E-state index contributed by atoms with van der Waals surface area (Å²) in [6.45, 7) is 7.77. The molecule has 16 heavy (non-hydrogen) atoms. The number of carbonyl (C=O) groups excluding carboxylic acids is 1. The topological polar surface area (TPSA) is 46.5 Å². The van der Waals surface area contributed by atoms with Gasteiger partial charge in [-0.3, -0.25) is 0 Å². The van der Waals surface area contributed by atoms with E-state index in [0.29, 0.717) is 0 Å². The summed E-state index contributed by atoms with van der Waals surface area (Å²) in [5, 5.41) is 10.5. The molecule has 0 aliphatic rings. The van der Waals surface area contributed by atoms with E-state index in [9.17, 15) is 9.90 Å². The van der Waals surface area contributed by atoms with Gasteiger partial charge in [0.05, 0.1) is 7.11 Å². The summed E-state index contributed by atoms with van der Waals surface area (Å²) in [7, 11) is 1.33. The molecule has 0 spiro atoms. The standard InChI is InChI=1S/C13H26O3/c1-6-7-8-9-11(4)13(15,10(2)3)12(14)16-5/h10-11,15H,6-9H2,1-5H3. The first-order valence-corrected chi connectivity index (χ1v) is 6.21. The lowest BCUT2D eigenvalue weighted by atomic mass is 9.77. The average molecular weight is 230 g/mol. The van der Waals surface area contributed by atoms with Crippen molar-refractivity contribution in [1.82, 2.24) is 0 Å². The molecule has 0 saturated heterocycles. The molecule has 0 aromatic rings. The van der Waals surface area contributed by atoms with Gasteiger partial charge in [0.25, 0.3) is 0 Å². The lowest BCUT2D eigenvalue weighted by Gasteiger charge is -2.35. The van der Waals surface area contributed by atoms with Gasteiger partial charge in [0.15, 0.2) is 5.60 Å². The Balaban J connectivity index is 4.57. The Bertz CT molecular complexity index is 213. The van der Waals surface area contributed by atoms with E-state index in [0.717, 1.165) is 25.7 Å². The normalized spacial score (nSPS) is 16.9. The van der Waals surface area contributed by atoms with Crippen LogP contribution in [0.25, 0.3) is 0 Å². The fraction of sp³-hybridized carbons (Fsp3) is 0.923. The number of aliphatic hydroxyl groups is 1. The second-order valence-electron chi connectivity index (χ2n) is 4.87. The first-order valence-electron chi connectivity index (χ1n) is 6.21. The molecule has 0 saturated carbocycles. The van der Waals surface area contributed by atoms with E-state index in [1.165, 1.54) is 7.11 Å². The second-order valence-corrected chi connectivity index (χ2v) is 4.87. The summed E-state index contributed by atoms with van der Waals surface area (Å²) >= 11 is 0. The molecule has 0 rings (SSSR count). The zero-order valence-corrected chi connectivity index (χ0v) is 11.2. The number of esters is 1. The van der Waals surface area contributed by atoms with Gasteiger partial charge < -0.3 is 9.84 Å². The number of methoxy groups -OCH3 is 1. The Morgan fingerprint density at radius 2 is 1.88 bits per heavy atom. The number of carbonyl (C=O) groups is 1. The van der Waals surface area contributed by atoms with E-state index < -0.39 is 11.6 Å². The molecule has 2 unspecified atom stereocenters. The molecule has 0 radical (unpaired) electrons. The second kappa shape index (κ2) is 6.89. The Morgan fingerprint density at radius 3 is 2.25 bits per heavy atom. The molecule has 0 bridgehead atoms. The minimum Gasteiger partial charge on any atom is -0.467 e. The summed E-state index contributed by atoms with van der Waals surface area (Å²) in [5.74, 6) is -0.699. The molecule has 0 aliphatic heterocycles. The summed E-state index contributed by atoms with van der Waals surface area (Å²) in [5.41, 5.74) is -1.34. The summed E-state index contributed by atoms with van der Waals surface area (Å²) < 4.78 is 4.72. The lowest BCUT2D eigenvalue weighted by Crippen LogP contribution is -2.50. The van der Waals surface area contributed by atoms with Crippen molar-refractivity contribution in [2.45, 2.75) is 59.0 Å². The van der Waals surface area contributed by atoms with Gasteiger partial charge >= 0.3 is 5.97 Å². The largest absolute Gasteiger partial charge is 0.467 e. The lowest BCUT2D eigenvalue weighted by molar-refractivity contribution is -0.175. The van der Waals surface area contributed by atoms with Crippen molar-refractivity contribution >= 4 is 5.97 Å². The highest BCUT2D eigenvalue weighted by Gasteiger charge is 2.45. The van der Waals surface area contributed by atoms with Crippen LogP contribution in [-0.4, -0.2) is 23.8 Å². The van der Waals surface area contributed by atoms with E-state index in [-0.39, 0.29) is 11.8 Å². The van der Waals surface area contributed by atoms with Crippen LogP contribution in [-0.2, 0) is 9.53 Å². The van der Waals surface area contributed by atoms with Crippen LogP contribution < -0.4 is 0 Å². The quantitative estimate of drug-likeness (QED) is 0.540. The van der Waals surface area contributed by atoms with E-state index in [1.54, 1.807) is 0 Å². The van der Waals surface area contributed by atoms with Crippen molar-refractivity contribution in [2.24, 2.45) is 11.8 Å². The third-order valence-corrected chi connectivity index (χ3v) is 3.38. The van der Waals surface area contributed by atoms with Crippen LogP contribution in [0.5, 0.6) is 0 Å². The molecular formula is C13H26O3. The maximum atomic E-state index is 11.7. The maximum Gasteiger partial charge on any atom is 0.338 e. The third-order valence-electron chi connectivity index (χ3n) is 3.38. The van der Waals surface area contributed by atoms with Crippen molar-refractivity contribution in [3.63, 3.8) is 0 Å². The molecule has 0 amide bonds. The third kappa shape index (κ3) is 3.48. The van der Waals surface area contributed by atoms with Crippen LogP contribution >= 0.6 is 0 Å². The van der Waals surface area contributed by atoms with Crippen molar-refractivity contribution in [1.29, 1.82) is 0 Å². The number of hydrogen-bond acceptors (Lipinski definition) is 3. The zero-order valence-electron chi connectivity index (χ0n) is 11.2. The smallest absolute Gasteiger partial charge is 0.338 e. The van der Waals surface area contributed by atoms with Crippen molar-refractivity contribution in [3.8, 4) is 0 Å². The van der Waals surface area contributed by atoms with Crippen LogP contribution in [0.2, 0.25) is 0 Å². The van der Waals surface area contributed by atoms with Gasteiger partial charge in [0, 0.05) is 0 Å². The fourth-order valence-electron chi connectivity index (χ4n) is 2.09. The number of rotatable bonds is 7. The molecule has 0 fully saturated rings. The minimum absolute atomic E-state index is 0.0634. The summed E-state index contributed by atoms with van der Waals surface area (Å²) in [4.78, 5) is 11.7. The predicted octanol–water partition coefficient (Wildman–Crippen LogP) is 2.76. The van der Waals surface area contributed by atoms with Gasteiger partial charge in [-0.1, -0.05) is 47.0 Å². The highest BCUT2D eigenvalue weighted by molar-refractivity contribution is 5.79. The fourth-order valence-corrected chi connectivity index (χ4v) is 2.09. The van der Waals surface area contributed by atoms with E-state index in [2.05, 4.69) is 6.92 Å². The molecular weight excluding hydrogens is 204 g/mol. The molecule has 1 N–H and O–H groups in total. The number of ether oxygens (including phenoxy) is 1. The predicted molar refractivity (Wildman–Crippen MR) is 65.1 cm³/mol. The monoisotopic (exact) mass is 230 g/mol. The Hall–Kier alpha value is -0.570. The highest BCUT2D eigenvalue weighted by atomic mass is 16.5. The Morgan fingerprint density at radius 1 is 1.31 bits per heavy atom. The zero-order chi connectivity index (χ0) is 12.8. The number of hydrogen-bond donors (Lipinski definition) is 1. The van der Waals surface area contributed by atoms with E-state index in [4.69, 9.17) is 4.74 Å². The van der Waals surface area contributed by atoms with Gasteiger partial charge in [0.1, 0.15) is 0 Å². The molecule has 0 aromatic heterocycles. The molecule has 3 heteroatoms. The molecule has 0 aliphatic carbocycles. The molecule has 0 aromatic carbocycles. The van der Waals surface area contributed by atoms with Crippen LogP contribution in [0.15, 0.2) is 0 Å². The molecule has 3 nitrogen and oxygen atoms in total. The van der Waals surface area contributed by atoms with E-state index >= 15 is 0 Å². The summed E-state index contributed by atoms with van der Waals surface area (Å²) in [6.07, 6.45) is 4.19. The van der Waals surface area contributed by atoms with Gasteiger partial charge in [0.2, 0.25) is 0 Å². The van der Waals surface area contributed by atoms with Gasteiger partial charge in [-0.25, -0.2) is 4.79 Å². The average Bonchev–Trinajstić information content (AvgIpc) is 2.26. The van der Waals surface area contributed by atoms with Crippen molar-refractivity contribution in [2.75, 3.05) is 7.11 Å². The molecule has 2 atom stereocenters. The Labute approximate surface area is 99.2 Å². The SMILES string of the molecule is CCCCCC(C)C(O)(C(=O)OC)C(C)C. The van der Waals surface area contributed by atoms with Crippen LogP contribution in [0.4, 0.5) is 0 Å². The maximum absolute atomic E-state index is 11.7. The highest BCUT2D eigenvalue weighted by Crippen LogP contribution is 2.31. The first kappa shape index (κ1) is 15.4. The first-order chi connectivity index (χ1) is 7.41. The van der Waals surface area contributed by atoms with Crippen molar-refractivity contribution in [3.05, 3.63) is 0 Å². The molecule has 0 heterocycles. The van der Waals surface area contributed by atoms with Gasteiger partial charge in [-0.2, -0.15) is 0 Å². The van der Waals surface area contributed by atoms with Crippen LogP contribution in [0.3, 0.4) is 0 Å².